The van der Waals surface area contributed by atoms with Gasteiger partial charge >= 0.3 is 5.97 Å². The highest BCUT2D eigenvalue weighted by atomic mass is 32.2. The summed E-state index contributed by atoms with van der Waals surface area (Å²) in [4.78, 5) is 10.5. The quantitative estimate of drug-likeness (QED) is 0.676. The Balaban J connectivity index is 2.19. The van der Waals surface area contributed by atoms with Crippen LogP contribution < -0.4 is 5.73 Å². The number of carbonyl (C=O) groups is 1. The van der Waals surface area contributed by atoms with Crippen LogP contribution in [0.5, 0.6) is 0 Å². The molecule has 1 aromatic heterocycles. The number of nitrogens with zero attached hydrogens (tertiary/aromatic N) is 3. The highest BCUT2D eigenvalue weighted by molar-refractivity contribution is 7.99. The van der Waals surface area contributed by atoms with Gasteiger partial charge in [-0.3, -0.25) is 4.68 Å². The van der Waals surface area contributed by atoms with E-state index in [1.165, 1.54) is 6.20 Å². The van der Waals surface area contributed by atoms with Gasteiger partial charge < -0.3 is 10.8 Å². The molecule has 0 spiro atoms. The third kappa shape index (κ3) is 4.63. The number of carboxylic acids is 1. The van der Waals surface area contributed by atoms with E-state index in [2.05, 4.69) is 10.3 Å². The molecule has 16 heavy (non-hydrogen) atoms. The molecule has 7 heteroatoms. The second-order valence-corrected chi connectivity index (χ2v) is 4.78. The van der Waals surface area contributed by atoms with E-state index in [-0.39, 0.29) is 11.7 Å². The summed E-state index contributed by atoms with van der Waals surface area (Å²) in [5.74, 6) is 0.851. The number of hydrogen-bond acceptors (Lipinski definition) is 5. The third-order valence-corrected chi connectivity index (χ3v) is 2.94. The SMILES string of the molecule is CC(N)CCSCCn1cc(C(=O)O)nn1. The Morgan fingerprint density at radius 2 is 2.44 bits per heavy atom. The van der Waals surface area contributed by atoms with Gasteiger partial charge in [0, 0.05) is 11.8 Å². The minimum Gasteiger partial charge on any atom is -0.476 e. The lowest BCUT2D eigenvalue weighted by Crippen LogP contribution is -2.15. The lowest BCUT2D eigenvalue weighted by Gasteiger charge is -2.04. The summed E-state index contributed by atoms with van der Waals surface area (Å²) >= 11 is 1.78. The van der Waals surface area contributed by atoms with Gasteiger partial charge in [0.25, 0.3) is 0 Å². The van der Waals surface area contributed by atoms with Crippen molar-refractivity contribution >= 4 is 17.7 Å². The maximum Gasteiger partial charge on any atom is 0.358 e. The summed E-state index contributed by atoms with van der Waals surface area (Å²) < 4.78 is 1.54. The molecule has 0 saturated heterocycles. The zero-order valence-electron chi connectivity index (χ0n) is 9.17. The molecule has 1 atom stereocenters. The van der Waals surface area contributed by atoms with Crippen LogP contribution in [0, 0.1) is 0 Å². The molecule has 6 nitrogen and oxygen atoms in total. The Morgan fingerprint density at radius 3 is 3.00 bits per heavy atom. The number of aromatic carboxylic acids is 1. The van der Waals surface area contributed by atoms with E-state index in [0.29, 0.717) is 6.54 Å². The molecular weight excluding hydrogens is 228 g/mol. The normalized spacial score (nSPS) is 12.6. The number of aromatic nitrogens is 3. The molecule has 0 amide bonds. The van der Waals surface area contributed by atoms with Gasteiger partial charge in [0.1, 0.15) is 0 Å². The van der Waals surface area contributed by atoms with Crippen LogP contribution in [-0.4, -0.2) is 43.6 Å². The van der Waals surface area contributed by atoms with E-state index in [4.69, 9.17) is 10.8 Å². The van der Waals surface area contributed by atoms with Crippen molar-refractivity contribution in [3.8, 4) is 0 Å². The summed E-state index contributed by atoms with van der Waals surface area (Å²) in [7, 11) is 0. The van der Waals surface area contributed by atoms with Gasteiger partial charge in [0.2, 0.25) is 0 Å². The first-order chi connectivity index (χ1) is 7.59. The molecule has 1 rings (SSSR count). The maximum absolute atomic E-state index is 10.5. The van der Waals surface area contributed by atoms with E-state index in [1.54, 1.807) is 16.4 Å². The fraction of sp³-hybridized carbons (Fsp3) is 0.667. The number of carboxylic acid groups (broad SMARTS) is 1. The van der Waals surface area contributed by atoms with E-state index >= 15 is 0 Å². The summed E-state index contributed by atoms with van der Waals surface area (Å²) in [6.45, 7) is 2.65. The molecule has 0 bridgehead atoms. The minimum atomic E-state index is -1.05. The zero-order chi connectivity index (χ0) is 12.0. The number of aryl methyl sites for hydroxylation is 1. The first-order valence-corrected chi connectivity index (χ1v) is 6.22. The fourth-order valence-electron chi connectivity index (χ4n) is 1.04. The van der Waals surface area contributed by atoms with Gasteiger partial charge in [0.15, 0.2) is 5.69 Å². The molecule has 0 radical (unpaired) electrons. The van der Waals surface area contributed by atoms with E-state index < -0.39 is 5.97 Å². The van der Waals surface area contributed by atoms with E-state index in [0.717, 1.165) is 17.9 Å². The monoisotopic (exact) mass is 244 g/mol. The number of nitrogens with two attached hydrogens (primary N) is 1. The molecule has 90 valence electrons. The van der Waals surface area contributed by atoms with Crippen molar-refractivity contribution in [1.29, 1.82) is 0 Å². The maximum atomic E-state index is 10.5. The van der Waals surface area contributed by atoms with Crippen LogP contribution in [-0.2, 0) is 6.54 Å². The highest BCUT2D eigenvalue weighted by Crippen LogP contribution is 2.05. The lowest BCUT2D eigenvalue weighted by molar-refractivity contribution is 0.0690. The molecular formula is C9H16N4O2S. The van der Waals surface area contributed by atoms with E-state index in [1.807, 2.05) is 6.92 Å². The lowest BCUT2D eigenvalue weighted by atomic mass is 10.3. The molecule has 1 heterocycles. The van der Waals surface area contributed by atoms with Crippen LogP contribution in [0.3, 0.4) is 0 Å². The van der Waals surface area contributed by atoms with Crippen molar-refractivity contribution in [1.82, 2.24) is 15.0 Å². The van der Waals surface area contributed by atoms with Crippen molar-refractivity contribution < 1.29 is 9.90 Å². The van der Waals surface area contributed by atoms with Crippen molar-refractivity contribution in [3.63, 3.8) is 0 Å². The first kappa shape index (κ1) is 13.0. The Hall–Kier alpha value is -1.08. The molecule has 0 aliphatic rings. The molecule has 1 aromatic rings. The van der Waals surface area contributed by atoms with Crippen LogP contribution in [0.25, 0.3) is 0 Å². The van der Waals surface area contributed by atoms with Crippen LogP contribution in [0.1, 0.15) is 23.8 Å². The predicted molar refractivity (Wildman–Crippen MR) is 62.6 cm³/mol. The second-order valence-electron chi connectivity index (χ2n) is 3.55. The third-order valence-electron chi connectivity index (χ3n) is 1.94. The zero-order valence-corrected chi connectivity index (χ0v) is 9.98. The Morgan fingerprint density at radius 1 is 1.69 bits per heavy atom. The van der Waals surface area contributed by atoms with Crippen LogP contribution in [0.4, 0.5) is 0 Å². The average Bonchev–Trinajstić information content (AvgIpc) is 2.65. The van der Waals surface area contributed by atoms with Gasteiger partial charge in [-0.05, 0) is 19.1 Å². The van der Waals surface area contributed by atoms with Crippen molar-refractivity contribution in [3.05, 3.63) is 11.9 Å². The molecule has 1 unspecified atom stereocenters. The van der Waals surface area contributed by atoms with Crippen LogP contribution in [0.2, 0.25) is 0 Å². The van der Waals surface area contributed by atoms with Gasteiger partial charge in [-0.2, -0.15) is 11.8 Å². The summed E-state index contributed by atoms with van der Waals surface area (Å²) in [5, 5.41) is 15.9. The largest absolute Gasteiger partial charge is 0.476 e. The molecule has 0 saturated carbocycles. The molecule has 0 aliphatic carbocycles. The van der Waals surface area contributed by atoms with Crippen LogP contribution in [0.15, 0.2) is 6.20 Å². The van der Waals surface area contributed by atoms with Gasteiger partial charge in [-0.1, -0.05) is 5.21 Å². The minimum absolute atomic E-state index is 0.0134. The smallest absolute Gasteiger partial charge is 0.358 e. The molecule has 0 fully saturated rings. The summed E-state index contributed by atoms with van der Waals surface area (Å²) in [5.41, 5.74) is 5.60. The molecule has 3 N–H and O–H groups in total. The molecule has 0 aromatic carbocycles. The topological polar surface area (TPSA) is 94.0 Å². The van der Waals surface area contributed by atoms with Gasteiger partial charge in [-0.15, -0.1) is 5.10 Å². The van der Waals surface area contributed by atoms with E-state index in [9.17, 15) is 4.79 Å². The number of hydrogen-bond donors (Lipinski definition) is 2. The highest BCUT2D eigenvalue weighted by Gasteiger charge is 2.07. The van der Waals surface area contributed by atoms with Crippen LogP contribution >= 0.6 is 11.8 Å². The average molecular weight is 244 g/mol. The predicted octanol–water partition coefficient (Wildman–Crippen LogP) is 0.447. The standard InChI is InChI=1S/C9H16N4O2S/c1-7(10)2-4-16-5-3-13-6-8(9(14)15)11-12-13/h6-7H,2-5,10H2,1H3,(H,14,15). The Bertz CT molecular complexity index is 340. The van der Waals surface area contributed by atoms with Crippen molar-refractivity contribution in [2.75, 3.05) is 11.5 Å². The summed E-state index contributed by atoms with van der Waals surface area (Å²) in [6.07, 6.45) is 2.43. The van der Waals surface area contributed by atoms with Gasteiger partial charge in [-0.25, -0.2) is 4.79 Å². The number of rotatable bonds is 7. The van der Waals surface area contributed by atoms with Crippen molar-refractivity contribution in [2.45, 2.75) is 25.9 Å². The van der Waals surface area contributed by atoms with Gasteiger partial charge in [0.05, 0.1) is 12.7 Å². The Labute approximate surface area is 98.2 Å². The Kier molecular flexibility index (Phi) is 5.27. The first-order valence-electron chi connectivity index (χ1n) is 5.06. The summed E-state index contributed by atoms with van der Waals surface area (Å²) in [6, 6.07) is 0.234. The van der Waals surface area contributed by atoms with Crippen molar-refractivity contribution in [2.24, 2.45) is 5.73 Å². The second kappa shape index (κ2) is 6.49. The number of thioether (sulfide) groups is 1. The molecule has 0 aliphatic heterocycles. The fourth-order valence-corrected chi connectivity index (χ4v) is 2.09.